The smallest absolute Gasteiger partial charge is 0.250 e. The molecule has 0 radical (unpaired) electrons. The minimum atomic E-state index is -0.240. The topological polar surface area (TPSA) is 58.2 Å². The highest BCUT2D eigenvalue weighted by molar-refractivity contribution is 7.80. The van der Waals surface area contributed by atoms with Crippen LogP contribution in [-0.4, -0.2) is 36.4 Å². The van der Waals surface area contributed by atoms with Gasteiger partial charge in [-0.1, -0.05) is 24.8 Å². The van der Waals surface area contributed by atoms with E-state index in [0.717, 1.165) is 0 Å². The lowest BCUT2D eigenvalue weighted by atomic mass is 10.2. The third kappa shape index (κ3) is 8.56. The standard InChI is InChI=1S/C13H20N2O2S2/c1-10(12(16)14-6-8-18)4-3-5-11(2)13(17)15-7-9-19/h3-5,18-19H,1,6-9H2,2H3,(H,14,16)(H,15,17)/b4-3-,11-5+. The monoisotopic (exact) mass is 300 g/mol. The molecule has 0 saturated carbocycles. The van der Waals surface area contributed by atoms with Crippen molar-refractivity contribution in [2.75, 3.05) is 24.6 Å². The Bertz CT molecular complexity index is 390. The molecule has 2 amide bonds. The third-order valence-electron chi connectivity index (χ3n) is 2.09. The van der Waals surface area contributed by atoms with Crippen molar-refractivity contribution in [3.05, 3.63) is 36.0 Å². The van der Waals surface area contributed by atoms with Crippen molar-refractivity contribution in [1.29, 1.82) is 0 Å². The first-order chi connectivity index (χ1) is 9.02. The fourth-order valence-electron chi connectivity index (χ4n) is 1.05. The summed E-state index contributed by atoms with van der Waals surface area (Å²) in [6.45, 7) is 6.35. The van der Waals surface area contributed by atoms with Crippen LogP contribution in [0.2, 0.25) is 0 Å². The molecule has 0 atom stereocenters. The van der Waals surface area contributed by atoms with Gasteiger partial charge >= 0.3 is 0 Å². The molecule has 0 aliphatic carbocycles. The van der Waals surface area contributed by atoms with Crippen molar-refractivity contribution < 1.29 is 9.59 Å². The van der Waals surface area contributed by atoms with Gasteiger partial charge in [0.1, 0.15) is 0 Å². The number of hydrogen-bond acceptors (Lipinski definition) is 4. The zero-order chi connectivity index (χ0) is 14.7. The second-order valence-corrected chi connectivity index (χ2v) is 4.59. The highest BCUT2D eigenvalue weighted by Gasteiger charge is 2.02. The third-order valence-corrected chi connectivity index (χ3v) is 2.54. The van der Waals surface area contributed by atoms with Crippen LogP contribution in [-0.2, 0) is 9.59 Å². The normalized spacial score (nSPS) is 11.4. The summed E-state index contributed by atoms with van der Waals surface area (Å²) in [5, 5.41) is 5.34. The average molecular weight is 300 g/mol. The zero-order valence-electron chi connectivity index (χ0n) is 11.0. The van der Waals surface area contributed by atoms with E-state index >= 15 is 0 Å². The number of allylic oxidation sites excluding steroid dienone is 2. The first-order valence-corrected chi connectivity index (χ1v) is 7.11. The van der Waals surface area contributed by atoms with Crippen molar-refractivity contribution in [2.24, 2.45) is 0 Å². The number of thiol groups is 2. The zero-order valence-corrected chi connectivity index (χ0v) is 12.8. The molecule has 0 spiro atoms. The van der Waals surface area contributed by atoms with E-state index in [4.69, 9.17) is 0 Å². The molecule has 0 aromatic carbocycles. The summed E-state index contributed by atoms with van der Waals surface area (Å²) < 4.78 is 0. The Hall–Kier alpha value is -1.14. The maximum absolute atomic E-state index is 11.5. The second-order valence-electron chi connectivity index (χ2n) is 3.69. The molecule has 0 heterocycles. The molecule has 0 rings (SSSR count). The molecule has 0 aliphatic rings. The van der Waals surface area contributed by atoms with Crippen LogP contribution in [0.1, 0.15) is 6.92 Å². The van der Waals surface area contributed by atoms with Gasteiger partial charge in [-0.25, -0.2) is 0 Å². The van der Waals surface area contributed by atoms with Crippen molar-refractivity contribution in [3.8, 4) is 0 Å². The fourth-order valence-corrected chi connectivity index (χ4v) is 1.28. The Morgan fingerprint density at radius 2 is 1.63 bits per heavy atom. The number of rotatable bonds is 8. The van der Waals surface area contributed by atoms with Gasteiger partial charge in [0, 0.05) is 35.7 Å². The number of nitrogens with one attached hydrogen (secondary N) is 2. The number of hydrogen-bond donors (Lipinski definition) is 4. The molecule has 106 valence electrons. The Kier molecular flexibility index (Phi) is 10.1. The average Bonchev–Trinajstić information content (AvgIpc) is 2.41. The van der Waals surface area contributed by atoms with Crippen LogP contribution in [0.25, 0.3) is 0 Å². The summed E-state index contributed by atoms with van der Waals surface area (Å²) in [5.41, 5.74) is 0.892. The second kappa shape index (κ2) is 10.8. The lowest BCUT2D eigenvalue weighted by molar-refractivity contribution is -0.117. The summed E-state index contributed by atoms with van der Waals surface area (Å²) in [5.74, 6) is 0.782. The number of carbonyl (C=O) groups is 2. The number of amides is 2. The van der Waals surface area contributed by atoms with E-state index in [1.165, 1.54) is 0 Å². The Morgan fingerprint density at radius 1 is 1.11 bits per heavy atom. The van der Waals surface area contributed by atoms with Crippen molar-refractivity contribution in [2.45, 2.75) is 6.92 Å². The van der Waals surface area contributed by atoms with Gasteiger partial charge in [-0.2, -0.15) is 25.3 Å². The molecular formula is C13H20N2O2S2. The van der Waals surface area contributed by atoms with Gasteiger partial charge in [0.2, 0.25) is 5.91 Å². The van der Waals surface area contributed by atoms with Gasteiger partial charge in [-0.3, -0.25) is 9.59 Å². The molecule has 0 bridgehead atoms. The fraction of sp³-hybridized carbons (Fsp3) is 0.385. The van der Waals surface area contributed by atoms with Gasteiger partial charge in [0.25, 0.3) is 5.91 Å². The Morgan fingerprint density at radius 3 is 2.16 bits per heavy atom. The summed E-state index contributed by atoms with van der Waals surface area (Å²) in [6, 6.07) is 0. The quantitative estimate of drug-likeness (QED) is 0.309. The number of carbonyl (C=O) groups excluding carboxylic acids is 2. The summed E-state index contributed by atoms with van der Waals surface area (Å²) >= 11 is 7.99. The highest BCUT2D eigenvalue weighted by atomic mass is 32.1. The maximum Gasteiger partial charge on any atom is 0.250 e. The van der Waals surface area contributed by atoms with Crippen molar-refractivity contribution in [3.63, 3.8) is 0 Å². The molecule has 0 saturated heterocycles. The van der Waals surface area contributed by atoms with Crippen LogP contribution < -0.4 is 10.6 Å². The summed E-state index contributed by atoms with van der Waals surface area (Å²) in [7, 11) is 0. The van der Waals surface area contributed by atoms with E-state index in [9.17, 15) is 9.59 Å². The highest BCUT2D eigenvalue weighted by Crippen LogP contribution is 1.97. The minimum absolute atomic E-state index is 0.149. The predicted molar refractivity (Wildman–Crippen MR) is 85.8 cm³/mol. The summed E-state index contributed by atoms with van der Waals surface area (Å²) in [6.07, 6.45) is 4.81. The lowest BCUT2D eigenvalue weighted by Crippen LogP contribution is -2.26. The van der Waals surface area contributed by atoms with Gasteiger partial charge in [-0.05, 0) is 6.92 Å². The first kappa shape index (κ1) is 17.9. The molecule has 0 aliphatic heterocycles. The molecule has 0 aromatic heterocycles. The van der Waals surface area contributed by atoms with E-state index in [2.05, 4.69) is 42.5 Å². The van der Waals surface area contributed by atoms with Crippen LogP contribution in [0, 0.1) is 0 Å². The van der Waals surface area contributed by atoms with Crippen LogP contribution >= 0.6 is 25.3 Å². The molecule has 0 aromatic rings. The molecule has 2 N–H and O–H groups in total. The Labute approximate surface area is 125 Å². The minimum Gasteiger partial charge on any atom is -0.352 e. The van der Waals surface area contributed by atoms with Crippen LogP contribution in [0.5, 0.6) is 0 Å². The first-order valence-electron chi connectivity index (χ1n) is 5.85. The van der Waals surface area contributed by atoms with Crippen molar-refractivity contribution >= 4 is 37.1 Å². The largest absolute Gasteiger partial charge is 0.352 e. The van der Waals surface area contributed by atoms with E-state index in [-0.39, 0.29) is 11.8 Å². The van der Waals surface area contributed by atoms with Gasteiger partial charge in [-0.15, -0.1) is 0 Å². The molecular weight excluding hydrogens is 280 g/mol. The van der Waals surface area contributed by atoms with E-state index < -0.39 is 0 Å². The van der Waals surface area contributed by atoms with Crippen molar-refractivity contribution in [1.82, 2.24) is 10.6 Å². The SMILES string of the molecule is C=C(/C=C\C=C(/C)C(=O)NCCS)C(=O)NCCS. The molecule has 6 heteroatoms. The molecule has 19 heavy (non-hydrogen) atoms. The Balaban J connectivity index is 4.28. The van der Waals surface area contributed by atoms with Crippen LogP contribution in [0.4, 0.5) is 0 Å². The molecule has 0 unspecified atom stereocenters. The van der Waals surface area contributed by atoms with E-state index in [1.807, 2.05) is 0 Å². The summed E-state index contributed by atoms with van der Waals surface area (Å²) in [4.78, 5) is 22.9. The molecule has 0 fully saturated rings. The molecule has 4 nitrogen and oxygen atoms in total. The predicted octanol–water partition coefficient (Wildman–Crippen LogP) is 1.14. The van der Waals surface area contributed by atoms with E-state index in [0.29, 0.717) is 35.7 Å². The van der Waals surface area contributed by atoms with Gasteiger partial charge in [0.05, 0.1) is 0 Å². The van der Waals surface area contributed by atoms with Crippen LogP contribution in [0.15, 0.2) is 36.0 Å². The maximum atomic E-state index is 11.5. The van der Waals surface area contributed by atoms with Gasteiger partial charge in [0.15, 0.2) is 0 Å². The van der Waals surface area contributed by atoms with E-state index in [1.54, 1.807) is 25.2 Å². The van der Waals surface area contributed by atoms with Crippen LogP contribution in [0.3, 0.4) is 0 Å². The lowest BCUT2D eigenvalue weighted by Gasteiger charge is -2.02. The van der Waals surface area contributed by atoms with Gasteiger partial charge < -0.3 is 10.6 Å².